The van der Waals surface area contributed by atoms with Gasteiger partial charge in [-0.1, -0.05) is 0 Å². The molecule has 1 aromatic rings. The van der Waals surface area contributed by atoms with Crippen molar-refractivity contribution in [2.75, 3.05) is 19.6 Å². The van der Waals surface area contributed by atoms with Gasteiger partial charge < -0.3 is 14.5 Å². The zero-order chi connectivity index (χ0) is 17.4. The lowest BCUT2D eigenvalue weighted by atomic mass is 10.1. The molecule has 2 rings (SSSR count). The number of aromatic nitrogens is 2. The van der Waals surface area contributed by atoms with E-state index in [1.165, 1.54) is 0 Å². The number of hydrogen-bond acceptors (Lipinski definition) is 4. The van der Waals surface area contributed by atoms with Crippen LogP contribution < -0.4 is 0 Å². The lowest BCUT2D eigenvalue weighted by molar-refractivity contribution is 0.00603. The summed E-state index contributed by atoms with van der Waals surface area (Å²) >= 11 is 3.36. The molecule has 0 N–H and O–H groups in total. The minimum absolute atomic E-state index is 0.0994. The molecule has 7 nitrogen and oxygen atoms in total. The van der Waals surface area contributed by atoms with Gasteiger partial charge in [0.05, 0.1) is 4.47 Å². The molecule has 1 atom stereocenters. The van der Waals surface area contributed by atoms with E-state index in [9.17, 15) is 9.59 Å². The number of piperazine rings is 1. The predicted octanol–water partition coefficient (Wildman–Crippen LogP) is 2.26. The van der Waals surface area contributed by atoms with Gasteiger partial charge in [-0.2, -0.15) is 5.10 Å². The topological polar surface area (TPSA) is 67.7 Å². The van der Waals surface area contributed by atoms with Crippen molar-refractivity contribution < 1.29 is 14.3 Å². The van der Waals surface area contributed by atoms with Gasteiger partial charge in [0.1, 0.15) is 5.60 Å². The quantitative estimate of drug-likeness (QED) is 0.742. The molecule has 0 saturated carbocycles. The van der Waals surface area contributed by atoms with Crippen molar-refractivity contribution in [1.82, 2.24) is 19.6 Å². The summed E-state index contributed by atoms with van der Waals surface area (Å²) in [6, 6.07) is -0.0994. The van der Waals surface area contributed by atoms with E-state index in [2.05, 4.69) is 21.0 Å². The van der Waals surface area contributed by atoms with Crippen LogP contribution in [0.15, 0.2) is 10.7 Å². The Bertz CT molecular complexity index is 608. The maximum Gasteiger partial charge on any atom is 0.410 e. The van der Waals surface area contributed by atoms with Crippen molar-refractivity contribution in [3.8, 4) is 0 Å². The number of amides is 2. The van der Waals surface area contributed by atoms with Crippen LogP contribution in [0.4, 0.5) is 4.79 Å². The summed E-state index contributed by atoms with van der Waals surface area (Å²) in [6.45, 7) is 8.81. The molecule has 1 aliphatic heterocycles. The third-order valence-electron chi connectivity index (χ3n) is 3.53. The highest BCUT2D eigenvalue weighted by Gasteiger charge is 2.33. The summed E-state index contributed by atoms with van der Waals surface area (Å²) in [7, 11) is 1.77. The zero-order valence-corrected chi connectivity index (χ0v) is 15.8. The lowest BCUT2D eigenvalue weighted by Gasteiger charge is -2.39. The Labute approximate surface area is 144 Å². The minimum Gasteiger partial charge on any atom is -0.444 e. The molecular weight excluding hydrogens is 364 g/mol. The molecule has 2 heterocycles. The van der Waals surface area contributed by atoms with Crippen molar-refractivity contribution in [3.63, 3.8) is 0 Å². The Morgan fingerprint density at radius 2 is 2.00 bits per heavy atom. The van der Waals surface area contributed by atoms with Crippen LogP contribution in [0.1, 0.15) is 38.2 Å². The van der Waals surface area contributed by atoms with E-state index >= 15 is 0 Å². The summed E-state index contributed by atoms with van der Waals surface area (Å²) in [6.07, 6.45) is 1.41. The third-order valence-corrected chi connectivity index (χ3v) is 4.11. The molecule has 2 amide bonds. The number of ether oxygens (including phenoxy) is 1. The molecule has 23 heavy (non-hydrogen) atoms. The Balaban J connectivity index is 2.03. The SMILES string of the molecule is CC1CN(C(=O)OC(C)(C)C)CCN1C(=O)c1nn(C)cc1Br. The molecule has 0 spiro atoms. The fraction of sp³-hybridized carbons (Fsp3) is 0.667. The van der Waals surface area contributed by atoms with Crippen molar-refractivity contribution in [1.29, 1.82) is 0 Å². The number of carbonyl (C=O) groups excluding carboxylic acids is 2. The van der Waals surface area contributed by atoms with Crippen LogP contribution in [0.2, 0.25) is 0 Å². The molecule has 1 fully saturated rings. The van der Waals surface area contributed by atoms with Crippen molar-refractivity contribution in [2.45, 2.75) is 39.3 Å². The normalized spacial score (nSPS) is 19.0. The molecule has 1 aromatic heterocycles. The molecule has 0 radical (unpaired) electrons. The zero-order valence-electron chi connectivity index (χ0n) is 14.2. The summed E-state index contributed by atoms with van der Waals surface area (Å²) in [4.78, 5) is 28.2. The Morgan fingerprint density at radius 3 is 2.48 bits per heavy atom. The molecule has 1 aliphatic rings. The second-order valence-corrected chi connectivity index (χ2v) is 7.63. The minimum atomic E-state index is -0.522. The van der Waals surface area contributed by atoms with Crippen LogP contribution >= 0.6 is 15.9 Å². The largest absolute Gasteiger partial charge is 0.444 e. The summed E-state index contributed by atoms with van der Waals surface area (Å²) < 4.78 is 7.66. The average molecular weight is 387 g/mol. The van der Waals surface area contributed by atoms with Crippen molar-refractivity contribution in [3.05, 3.63) is 16.4 Å². The molecule has 0 bridgehead atoms. The molecule has 8 heteroatoms. The van der Waals surface area contributed by atoms with Gasteiger partial charge in [0.25, 0.3) is 5.91 Å². The van der Waals surface area contributed by atoms with Crippen LogP contribution in [-0.2, 0) is 11.8 Å². The van der Waals surface area contributed by atoms with E-state index in [4.69, 9.17) is 4.74 Å². The number of hydrogen-bond donors (Lipinski definition) is 0. The molecule has 128 valence electrons. The number of rotatable bonds is 1. The maximum atomic E-state index is 12.6. The number of nitrogens with zero attached hydrogens (tertiary/aromatic N) is 4. The van der Waals surface area contributed by atoms with Crippen LogP contribution in [0.3, 0.4) is 0 Å². The first-order chi connectivity index (χ1) is 10.6. The monoisotopic (exact) mass is 386 g/mol. The lowest BCUT2D eigenvalue weighted by Crippen LogP contribution is -2.56. The van der Waals surface area contributed by atoms with Gasteiger partial charge in [0.15, 0.2) is 5.69 Å². The van der Waals surface area contributed by atoms with Crippen LogP contribution in [0.5, 0.6) is 0 Å². The fourth-order valence-corrected chi connectivity index (χ4v) is 3.04. The van der Waals surface area contributed by atoms with Crippen LogP contribution in [-0.4, -0.2) is 62.9 Å². The van der Waals surface area contributed by atoms with Gasteiger partial charge in [0.2, 0.25) is 0 Å². The van der Waals surface area contributed by atoms with Gasteiger partial charge in [-0.25, -0.2) is 4.79 Å². The number of halogens is 1. The highest BCUT2D eigenvalue weighted by atomic mass is 79.9. The summed E-state index contributed by atoms with van der Waals surface area (Å²) in [5.41, 5.74) is -0.128. The standard InChI is InChI=1S/C15H23BrN4O3/c1-10-8-19(14(22)23-15(2,3)4)6-7-20(10)13(21)12-11(16)9-18(5)17-12/h9-10H,6-8H2,1-5H3. The third kappa shape index (κ3) is 4.25. The number of aryl methyl sites for hydroxylation is 1. The highest BCUT2D eigenvalue weighted by molar-refractivity contribution is 9.10. The summed E-state index contributed by atoms with van der Waals surface area (Å²) in [5.74, 6) is -0.131. The van der Waals surface area contributed by atoms with Crippen LogP contribution in [0, 0.1) is 0 Å². The summed E-state index contributed by atoms with van der Waals surface area (Å²) in [5, 5.41) is 4.20. The fourth-order valence-electron chi connectivity index (χ4n) is 2.49. The first kappa shape index (κ1) is 17.8. The van der Waals surface area contributed by atoms with E-state index < -0.39 is 5.60 Å². The molecular formula is C15H23BrN4O3. The number of carbonyl (C=O) groups is 2. The predicted molar refractivity (Wildman–Crippen MR) is 89.2 cm³/mol. The molecule has 0 aliphatic carbocycles. The highest BCUT2D eigenvalue weighted by Crippen LogP contribution is 2.20. The maximum absolute atomic E-state index is 12.6. The van der Waals surface area contributed by atoms with Gasteiger partial charge in [-0.15, -0.1) is 0 Å². The van der Waals surface area contributed by atoms with Gasteiger partial charge >= 0.3 is 6.09 Å². The second kappa shape index (κ2) is 6.51. The van der Waals surface area contributed by atoms with E-state index in [1.54, 1.807) is 27.7 Å². The first-order valence-corrected chi connectivity index (χ1v) is 8.36. The smallest absolute Gasteiger partial charge is 0.410 e. The molecule has 0 aromatic carbocycles. The van der Waals surface area contributed by atoms with Crippen molar-refractivity contribution in [2.24, 2.45) is 7.05 Å². The first-order valence-electron chi connectivity index (χ1n) is 7.56. The van der Waals surface area contributed by atoms with E-state index in [0.29, 0.717) is 29.8 Å². The van der Waals surface area contributed by atoms with E-state index in [-0.39, 0.29) is 18.0 Å². The van der Waals surface area contributed by atoms with Gasteiger partial charge in [-0.05, 0) is 43.6 Å². The van der Waals surface area contributed by atoms with E-state index in [0.717, 1.165) is 0 Å². The Hall–Kier alpha value is -1.57. The van der Waals surface area contributed by atoms with Gasteiger partial charge in [0, 0.05) is 38.9 Å². The Morgan fingerprint density at radius 1 is 1.35 bits per heavy atom. The van der Waals surface area contributed by atoms with Gasteiger partial charge in [-0.3, -0.25) is 9.48 Å². The average Bonchev–Trinajstić information content (AvgIpc) is 2.75. The van der Waals surface area contributed by atoms with E-state index in [1.807, 2.05) is 27.7 Å². The Kier molecular flexibility index (Phi) is 5.03. The van der Waals surface area contributed by atoms with Crippen LogP contribution in [0.25, 0.3) is 0 Å². The van der Waals surface area contributed by atoms with Crippen molar-refractivity contribution >= 4 is 27.9 Å². The molecule has 1 unspecified atom stereocenters. The second-order valence-electron chi connectivity index (χ2n) is 6.77. The molecule has 1 saturated heterocycles.